The molecule has 3 aromatic rings. The van der Waals surface area contributed by atoms with E-state index in [1.165, 1.54) is 7.11 Å². The average Bonchev–Trinajstić information content (AvgIpc) is 3.11. The molecule has 0 aliphatic carbocycles. The Hall–Kier alpha value is -3.65. The molecule has 8 heteroatoms. The standard InChI is InChI=1S/C24H24N2O5S/c1-5-31-18-9-7-6-8-17(18)25-22(28)20-15(3)19(24(29)30-4)23(32-20)26-21(27)16-12-10-14(2)11-13-16/h6-13H,5H2,1-4H3,(H,25,28)(H,26,27). The third-order valence-electron chi connectivity index (χ3n) is 4.72. The zero-order valence-electron chi connectivity index (χ0n) is 18.3. The maximum atomic E-state index is 13.0. The number of hydrogen-bond donors (Lipinski definition) is 2. The van der Waals surface area contributed by atoms with E-state index in [1.54, 1.807) is 37.3 Å². The number of thiophene rings is 1. The van der Waals surface area contributed by atoms with Crippen molar-refractivity contribution in [3.63, 3.8) is 0 Å². The minimum absolute atomic E-state index is 0.154. The van der Waals surface area contributed by atoms with E-state index >= 15 is 0 Å². The van der Waals surface area contributed by atoms with Gasteiger partial charge in [-0.25, -0.2) is 4.79 Å². The largest absolute Gasteiger partial charge is 0.492 e. The number of aryl methyl sites for hydroxylation is 1. The number of rotatable bonds is 7. The molecule has 0 saturated carbocycles. The first kappa shape index (κ1) is 23.0. The van der Waals surface area contributed by atoms with Crippen LogP contribution in [0.15, 0.2) is 48.5 Å². The summed E-state index contributed by atoms with van der Waals surface area (Å²) in [5.74, 6) is -0.893. The molecule has 166 valence electrons. The van der Waals surface area contributed by atoms with Gasteiger partial charge in [0.15, 0.2) is 0 Å². The molecule has 0 spiro atoms. The van der Waals surface area contributed by atoms with Crippen LogP contribution in [0, 0.1) is 13.8 Å². The third kappa shape index (κ3) is 4.97. The molecule has 2 aromatic carbocycles. The van der Waals surface area contributed by atoms with Gasteiger partial charge in [0.25, 0.3) is 11.8 Å². The summed E-state index contributed by atoms with van der Waals surface area (Å²) in [5, 5.41) is 5.82. The summed E-state index contributed by atoms with van der Waals surface area (Å²) in [6, 6.07) is 14.1. The van der Waals surface area contributed by atoms with Crippen molar-refractivity contribution >= 4 is 39.8 Å². The lowest BCUT2D eigenvalue weighted by atomic mass is 10.1. The van der Waals surface area contributed by atoms with Crippen molar-refractivity contribution in [1.29, 1.82) is 0 Å². The molecule has 32 heavy (non-hydrogen) atoms. The predicted octanol–water partition coefficient (Wildman–Crippen LogP) is 5.05. The van der Waals surface area contributed by atoms with Crippen molar-refractivity contribution in [3.8, 4) is 5.75 Å². The number of amides is 2. The first-order chi connectivity index (χ1) is 15.3. The Kier molecular flexibility index (Phi) is 7.27. The second kappa shape index (κ2) is 10.1. The Morgan fingerprint density at radius 1 is 0.938 bits per heavy atom. The number of carbonyl (C=O) groups excluding carboxylic acids is 3. The average molecular weight is 453 g/mol. The van der Waals surface area contributed by atoms with Gasteiger partial charge in [0.05, 0.1) is 29.8 Å². The van der Waals surface area contributed by atoms with Crippen LogP contribution in [0.1, 0.15) is 48.4 Å². The highest BCUT2D eigenvalue weighted by Gasteiger charge is 2.27. The van der Waals surface area contributed by atoms with Crippen molar-refractivity contribution in [2.24, 2.45) is 0 Å². The van der Waals surface area contributed by atoms with Crippen LogP contribution in [-0.4, -0.2) is 31.5 Å². The quantitative estimate of drug-likeness (QED) is 0.489. The smallest absolute Gasteiger partial charge is 0.341 e. The van der Waals surface area contributed by atoms with E-state index < -0.39 is 11.9 Å². The van der Waals surface area contributed by atoms with E-state index in [2.05, 4.69) is 10.6 Å². The number of carbonyl (C=O) groups is 3. The van der Waals surface area contributed by atoms with Crippen molar-refractivity contribution in [2.75, 3.05) is 24.4 Å². The van der Waals surface area contributed by atoms with Crippen LogP contribution in [0.3, 0.4) is 0 Å². The molecular formula is C24H24N2O5S. The van der Waals surface area contributed by atoms with Gasteiger partial charge in [-0.2, -0.15) is 0 Å². The van der Waals surface area contributed by atoms with Gasteiger partial charge in [-0.15, -0.1) is 11.3 Å². The van der Waals surface area contributed by atoms with Crippen molar-refractivity contribution in [3.05, 3.63) is 75.7 Å². The van der Waals surface area contributed by atoms with Crippen LogP contribution < -0.4 is 15.4 Å². The molecule has 0 aliphatic rings. The lowest BCUT2D eigenvalue weighted by Crippen LogP contribution is -2.14. The second-order valence-electron chi connectivity index (χ2n) is 6.96. The molecule has 2 amide bonds. The summed E-state index contributed by atoms with van der Waals surface area (Å²) in [5.41, 5.74) is 2.55. The Labute approximate surface area is 190 Å². The summed E-state index contributed by atoms with van der Waals surface area (Å²) in [4.78, 5) is 38.5. The minimum atomic E-state index is -0.633. The number of para-hydroxylation sites is 2. The summed E-state index contributed by atoms with van der Waals surface area (Å²) >= 11 is 1.02. The highest BCUT2D eigenvalue weighted by atomic mass is 32.1. The first-order valence-electron chi connectivity index (χ1n) is 9.98. The van der Waals surface area contributed by atoms with Crippen LogP contribution in [0.5, 0.6) is 5.75 Å². The summed E-state index contributed by atoms with van der Waals surface area (Å²) in [6.07, 6.45) is 0. The third-order valence-corrected chi connectivity index (χ3v) is 5.92. The fraction of sp³-hybridized carbons (Fsp3) is 0.208. The minimum Gasteiger partial charge on any atom is -0.492 e. The van der Waals surface area contributed by atoms with Gasteiger partial charge in [0.2, 0.25) is 0 Å². The molecule has 7 nitrogen and oxygen atoms in total. The zero-order chi connectivity index (χ0) is 23.3. The molecule has 1 aromatic heterocycles. The van der Waals surface area contributed by atoms with Crippen molar-refractivity contribution in [2.45, 2.75) is 20.8 Å². The van der Waals surface area contributed by atoms with Crippen molar-refractivity contribution in [1.82, 2.24) is 0 Å². The fourth-order valence-electron chi connectivity index (χ4n) is 3.08. The fourth-order valence-corrected chi connectivity index (χ4v) is 4.16. The highest BCUT2D eigenvalue weighted by molar-refractivity contribution is 7.19. The number of esters is 1. The lowest BCUT2D eigenvalue weighted by Gasteiger charge is -2.11. The number of benzene rings is 2. The molecule has 0 unspecified atom stereocenters. The Balaban J connectivity index is 1.93. The molecule has 0 atom stereocenters. The van der Waals surface area contributed by atoms with E-state index in [4.69, 9.17) is 9.47 Å². The van der Waals surface area contributed by atoms with Crippen LogP contribution in [-0.2, 0) is 4.74 Å². The molecule has 0 bridgehead atoms. The summed E-state index contributed by atoms with van der Waals surface area (Å²) in [6.45, 7) is 5.88. The molecule has 2 N–H and O–H groups in total. The van der Waals surface area contributed by atoms with Crippen LogP contribution in [0.4, 0.5) is 10.7 Å². The summed E-state index contributed by atoms with van der Waals surface area (Å²) in [7, 11) is 1.25. The number of methoxy groups -OCH3 is 1. The number of hydrogen-bond acceptors (Lipinski definition) is 6. The normalized spacial score (nSPS) is 10.4. The second-order valence-corrected chi connectivity index (χ2v) is 7.98. The van der Waals surface area contributed by atoms with Gasteiger partial charge in [0, 0.05) is 5.56 Å². The van der Waals surface area contributed by atoms with E-state index in [-0.39, 0.29) is 21.3 Å². The Bertz CT molecular complexity index is 1150. The van der Waals surface area contributed by atoms with Gasteiger partial charge in [0.1, 0.15) is 10.8 Å². The van der Waals surface area contributed by atoms with Gasteiger partial charge in [-0.1, -0.05) is 29.8 Å². The van der Waals surface area contributed by atoms with E-state index in [1.807, 2.05) is 32.0 Å². The Morgan fingerprint density at radius 2 is 1.62 bits per heavy atom. The van der Waals surface area contributed by atoms with Gasteiger partial charge < -0.3 is 20.1 Å². The first-order valence-corrected chi connectivity index (χ1v) is 10.8. The predicted molar refractivity (Wildman–Crippen MR) is 125 cm³/mol. The molecule has 3 rings (SSSR count). The van der Waals surface area contributed by atoms with E-state index in [0.29, 0.717) is 29.2 Å². The SMILES string of the molecule is CCOc1ccccc1NC(=O)c1sc(NC(=O)c2ccc(C)cc2)c(C(=O)OC)c1C. The number of ether oxygens (including phenoxy) is 2. The summed E-state index contributed by atoms with van der Waals surface area (Å²) < 4.78 is 10.4. The molecule has 0 aliphatic heterocycles. The number of anilines is 2. The van der Waals surface area contributed by atoms with Crippen LogP contribution >= 0.6 is 11.3 Å². The van der Waals surface area contributed by atoms with Crippen molar-refractivity contribution < 1.29 is 23.9 Å². The molecule has 1 heterocycles. The molecule has 0 saturated heterocycles. The van der Waals surface area contributed by atoms with Gasteiger partial charge in [-0.05, 0) is 50.6 Å². The topological polar surface area (TPSA) is 93.7 Å². The van der Waals surface area contributed by atoms with Gasteiger partial charge >= 0.3 is 5.97 Å². The molecular weight excluding hydrogens is 428 g/mol. The monoisotopic (exact) mass is 452 g/mol. The van der Waals surface area contributed by atoms with Gasteiger partial charge in [-0.3, -0.25) is 9.59 Å². The lowest BCUT2D eigenvalue weighted by molar-refractivity contribution is 0.0601. The van der Waals surface area contributed by atoms with E-state index in [9.17, 15) is 14.4 Å². The maximum absolute atomic E-state index is 13.0. The maximum Gasteiger partial charge on any atom is 0.341 e. The number of nitrogens with one attached hydrogen (secondary N) is 2. The van der Waals surface area contributed by atoms with E-state index in [0.717, 1.165) is 16.9 Å². The highest BCUT2D eigenvalue weighted by Crippen LogP contribution is 2.35. The molecule has 0 fully saturated rings. The zero-order valence-corrected chi connectivity index (χ0v) is 19.1. The molecule has 0 radical (unpaired) electrons. The Morgan fingerprint density at radius 3 is 2.28 bits per heavy atom. The van der Waals surface area contributed by atoms with Crippen LogP contribution in [0.25, 0.3) is 0 Å². The van der Waals surface area contributed by atoms with Crippen LogP contribution in [0.2, 0.25) is 0 Å².